The number of hydrogen-bond donors (Lipinski definition) is 0. The second-order valence-corrected chi connectivity index (χ2v) is 4.07. The van der Waals surface area contributed by atoms with E-state index in [1.807, 2.05) is 0 Å². The molecular formula is C12H29Br2N. The molecule has 0 aromatic rings. The number of unbranched alkanes of at least 4 members (excludes halogenated alkanes) is 3. The van der Waals surface area contributed by atoms with E-state index in [0.717, 1.165) is 0 Å². The number of rotatable bonds is 3. The Morgan fingerprint density at radius 1 is 0.800 bits per heavy atom. The zero-order valence-electron chi connectivity index (χ0n) is 10.6. The summed E-state index contributed by atoms with van der Waals surface area (Å²) in [5.41, 5.74) is 0. The largest absolute Gasteiger partial charge is 0.306 e. The molecule has 1 aliphatic heterocycles. The summed E-state index contributed by atoms with van der Waals surface area (Å²) in [5.74, 6) is 0. The zero-order chi connectivity index (χ0) is 9.94. The Morgan fingerprint density at radius 2 is 1.20 bits per heavy atom. The molecule has 96 valence electrons. The van der Waals surface area contributed by atoms with E-state index in [2.05, 4.69) is 25.8 Å². The Bertz CT molecular complexity index is 89.6. The summed E-state index contributed by atoms with van der Waals surface area (Å²) in [6.45, 7) is 7.10. The molecule has 0 aromatic heterocycles. The smallest absolute Gasteiger partial charge is 0.00218 e. The van der Waals surface area contributed by atoms with E-state index in [4.69, 9.17) is 0 Å². The fourth-order valence-electron chi connectivity index (χ4n) is 1.55. The Balaban J connectivity index is -0.000000172. The maximum Gasteiger partial charge on any atom is -0.00218 e. The van der Waals surface area contributed by atoms with Crippen LogP contribution in [0.25, 0.3) is 0 Å². The van der Waals surface area contributed by atoms with Gasteiger partial charge in [-0.1, -0.05) is 46.0 Å². The van der Waals surface area contributed by atoms with Gasteiger partial charge < -0.3 is 4.90 Å². The highest BCUT2D eigenvalue weighted by Gasteiger charge is 2.02. The highest BCUT2D eigenvalue weighted by Crippen LogP contribution is 2.04. The van der Waals surface area contributed by atoms with E-state index in [0.29, 0.717) is 0 Å². The van der Waals surface area contributed by atoms with Gasteiger partial charge >= 0.3 is 0 Å². The first-order valence-electron chi connectivity index (χ1n) is 5.99. The summed E-state index contributed by atoms with van der Waals surface area (Å²) in [6, 6.07) is 0. The van der Waals surface area contributed by atoms with Crippen LogP contribution in [0.4, 0.5) is 0 Å². The van der Waals surface area contributed by atoms with Crippen molar-refractivity contribution in [1.29, 1.82) is 0 Å². The van der Waals surface area contributed by atoms with E-state index in [1.165, 1.54) is 58.0 Å². The van der Waals surface area contributed by atoms with Gasteiger partial charge in [0.05, 0.1) is 0 Å². The quantitative estimate of drug-likeness (QED) is 0.660. The van der Waals surface area contributed by atoms with Crippen molar-refractivity contribution in [3.8, 4) is 0 Å². The first-order valence-corrected chi connectivity index (χ1v) is 5.99. The third-order valence-corrected chi connectivity index (χ3v) is 2.54. The predicted molar refractivity (Wildman–Crippen MR) is 81.8 cm³/mol. The van der Waals surface area contributed by atoms with Gasteiger partial charge in [-0.25, -0.2) is 0 Å². The van der Waals surface area contributed by atoms with Crippen LogP contribution in [-0.2, 0) is 0 Å². The van der Waals surface area contributed by atoms with Crippen molar-refractivity contribution in [2.45, 2.75) is 58.8 Å². The van der Waals surface area contributed by atoms with E-state index >= 15 is 0 Å². The van der Waals surface area contributed by atoms with Crippen LogP contribution in [0.5, 0.6) is 0 Å². The van der Waals surface area contributed by atoms with E-state index in [9.17, 15) is 0 Å². The van der Waals surface area contributed by atoms with Gasteiger partial charge in [0.1, 0.15) is 0 Å². The van der Waals surface area contributed by atoms with Gasteiger partial charge in [0.2, 0.25) is 0 Å². The highest BCUT2D eigenvalue weighted by atomic mass is 79.9. The van der Waals surface area contributed by atoms with E-state index < -0.39 is 0 Å². The van der Waals surface area contributed by atoms with Crippen molar-refractivity contribution < 1.29 is 0 Å². The molecule has 1 fully saturated rings. The van der Waals surface area contributed by atoms with Crippen molar-refractivity contribution >= 4 is 34.0 Å². The molecule has 3 heteroatoms. The molecule has 1 saturated heterocycles. The monoisotopic (exact) mass is 345 g/mol. The van der Waals surface area contributed by atoms with Crippen LogP contribution in [0.3, 0.4) is 0 Å². The predicted octanol–water partition coefficient (Wildman–Crippen LogP) is 4.84. The van der Waals surface area contributed by atoms with Gasteiger partial charge in [0.25, 0.3) is 0 Å². The Labute approximate surface area is 118 Å². The summed E-state index contributed by atoms with van der Waals surface area (Å²) in [6.07, 6.45) is 9.81. The molecule has 0 unspecified atom stereocenters. The summed E-state index contributed by atoms with van der Waals surface area (Å²) < 4.78 is 0. The van der Waals surface area contributed by atoms with Crippen LogP contribution in [0, 0.1) is 0 Å². The molecule has 0 aromatic carbocycles. The van der Waals surface area contributed by atoms with Crippen LogP contribution in [-0.4, -0.2) is 25.0 Å². The number of piperidine rings is 1. The number of likely N-dealkylation sites (tertiary alicyclic amines) is 1. The zero-order valence-corrected chi connectivity index (χ0v) is 14.1. The Morgan fingerprint density at radius 3 is 1.40 bits per heavy atom. The summed E-state index contributed by atoms with van der Waals surface area (Å²) >= 11 is 0. The van der Waals surface area contributed by atoms with Gasteiger partial charge in [-0.05, 0) is 33.0 Å². The van der Waals surface area contributed by atoms with Crippen molar-refractivity contribution in [2.24, 2.45) is 0 Å². The SMILES string of the molecule is Br.Br.CCCCCC.CN1CCCCC1. The lowest BCUT2D eigenvalue weighted by Gasteiger charge is -2.20. The minimum Gasteiger partial charge on any atom is -0.306 e. The van der Waals surface area contributed by atoms with Gasteiger partial charge in [-0.3, -0.25) is 0 Å². The highest BCUT2D eigenvalue weighted by molar-refractivity contribution is 8.93. The molecular weight excluding hydrogens is 318 g/mol. The summed E-state index contributed by atoms with van der Waals surface area (Å²) in [5, 5.41) is 0. The minimum atomic E-state index is 0. The third kappa shape index (κ3) is 17.5. The lowest BCUT2D eigenvalue weighted by atomic mass is 10.1. The first kappa shape index (κ1) is 21.2. The van der Waals surface area contributed by atoms with Crippen molar-refractivity contribution in [3.05, 3.63) is 0 Å². The van der Waals surface area contributed by atoms with Gasteiger partial charge in [-0.2, -0.15) is 0 Å². The Hall–Kier alpha value is 0.920. The number of nitrogens with zero attached hydrogens (tertiary/aromatic N) is 1. The average Bonchev–Trinajstić information content (AvgIpc) is 2.17. The molecule has 1 aliphatic rings. The maximum absolute atomic E-state index is 2.39. The molecule has 0 amide bonds. The number of hydrogen-bond acceptors (Lipinski definition) is 1. The number of halogens is 2. The molecule has 0 atom stereocenters. The Kier molecular flexibility index (Phi) is 24.5. The molecule has 0 spiro atoms. The van der Waals surface area contributed by atoms with Gasteiger partial charge in [0, 0.05) is 0 Å². The molecule has 1 nitrogen and oxygen atoms in total. The molecule has 0 saturated carbocycles. The van der Waals surface area contributed by atoms with Gasteiger partial charge in [0.15, 0.2) is 0 Å². The third-order valence-electron chi connectivity index (χ3n) is 2.54. The molecule has 0 N–H and O–H groups in total. The normalized spacial score (nSPS) is 15.4. The maximum atomic E-state index is 2.39. The van der Waals surface area contributed by atoms with Crippen LogP contribution in [0.1, 0.15) is 58.8 Å². The van der Waals surface area contributed by atoms with Crippen LogP contribution in [0.15, 0.2) is 0 Å². The van der Waals surface area contributed by atoms with Crippen LogP contribution < -0.4 is 0 Å². The molecule has 1 rings (SSSR count). The minimum absolute atomic E-state index is 0. The van der Waals surface area contributed by atoms with E-state index in [-0.39, 0.29) is 34.0 Å². The lowest BCUT2D eigenvalue weighted by Crippen LogP contribution is -2.24. The summed E-state index contributed by atoms with van der Waals surface area (Å²) in [4.78, 5) is 2.39. The molecule has 0 radical (unpaired) electrons. The topological polar surface area (TPSA) is 3.24 Å². The molecule has 0 bridgehead atoms. The van der Waals surface area contributed by atoms with Crippen molar-refractivity contribution in [2.75, 3.05) is 20.1 Å². The molecule has 0 aliphatic carbocycles. The molecule has 15 heavy (non-hydrogen) atoms. The van der Waals surface area contributed by atoms with E-state index in [1.54, 1.807) is 0 Å². The first-order chi connectivity index (χ1) is 6.31. The second-order valence-electron chi connectivity index (χ2n) is 4.07. The van der Waals surface area contributed by atoms with Crippen molar-refractivity contribution in [3.63, 3.8) is 0 Å². The lowest BCUT2D eigenvalue weighted by molar-refractivity contribution is 0.277. The fraction of sp³-hybridized carbons (Fsp3) is 1.00. The van der Waals surface area contributed by atoms with Crippen LogP contribution in [0.2, 0.25) is 0 Å². The fourth-order valence-corrected chi connectivity index (χ4v) is 1.55. The second kappa shape index (κ2) is 17.3. The van der Waals surface area contributed by atoms with Crippen LogP contribution >= 0.6 is 34.0 Å². The van der Waals surface area contributed by atoms with Gasteiger partial charge in [-0.15, -0.1) is 34.0 Å². The molecule has 1 heterocycles. The van der Waals surface area contributed by atoms with Crippen molar-refractivity contribution in [1.82, 2.24) is 4.90 Å². The standard InChI is InChI=1S/C6H13N.C6H14.2BrH/c1-7-5-3-2-4-6-7;1-3-5-6-4-2;;/h2-6H2,1H3;3-6H2,1-2H3;2*1H. The average molecular weight is 347 g/mol. The summed E-state index contributed by atoms with van der Waals surface area (Å²) in [7, 11) is 2.19.